The fraction of sp³-hybridized carbons (Fsp3) is 1.00. The second-order valence-corrected chi connectivity index (χ2v) is 5.84. The molecular formula is C8H20NO6PSn. The van der Waals surface area contributed by atoms with Gasteiger partial charge in [0.25, 0.3) is 7.82 Å². The summed E-state index contributed by atoms with van der Waals surface area (Å²) in [5.41, 5.74) is 0. The molecule has 0 aromatic heterocycles. The van der Waals surface area contributed by atoms with Gasteiger partial charge >= 0.3 is 0 Å². The Morgan fingerprint density at radius 3 is 2.29 bits per heavy atom. The quantitative estimate of drug-likeness (QED) is 0.294. The molecule has 0 bridgehead atoms. The van der Waals surface area contributed by atoms with Crippen LogP contribution in [-0.2, 0) is 13.6 Å². The molecule has 0 aliphatic carbocycles. The fourth-order valence-corrected chi connectivity index (χ4v) is 1.43. The molecule has 0 saturated heterocycles. The van der Waals surface area contributed by atoms with Crippen LogP contribution in [0.4, 0.5) is 0 Å². The van der Waals surface area contributed by atoms with E-state index in [4.69, 9.17) is 10.2 Å². The van der Waals surface area contributed by atoms with Crippen molar-refractivity contribution in [1.29, 1.82) is 0 Å². The predicted octanol–water partition coefficient (Wildman–Crippen LogP) is -1.83. The van der Waals surface area contributed by atoms with Gasteiger partial charge in [-0.1, -0.05) is 0 Å². The van der Waals surface area contributed by atoms with E-state index in [1.807, 2.05) is 21.1 Å². The van der Waals surface area contributed by atoms with E-state index in [1.54, 1.807) is 0 Å². The molecule has 0 rings (SSSR count). The minimum Gasteiger partial charge on any atom is -0.756 e. The molecule has 0 aromatic carbocycles. The van der Waals surface area contributed by atoms with Crippen molar-refractivity contribution in [2.45, 2.75) is 6.10 Å². The molecular weight excluding hydrogens is 356 g/mol. The maximum Gasteiger partial charge on any atom is 0.268 e. The number of hydrogen-bond acceptors (Lipinski definition) is 6. The molecule has 0 aromatic rings. The van der Waals surface area contributed by atoms with Crippen LogP contribution >= 0.6 is 7.82 Å². The van der Waals surface area contributed by atoms with Gasteiger partial charge < -0.3 is 28.6 Å². The molecule has 0 aliphatic heterocycles. The summed E-state index contributed by atoms with van der Waals surface area (Å²) in [6.45, 7) is -0.530. The number of aliphatic hydroxyl groups excluding tert-OH is 2. The van der Waals surface area contributed by atoms with E-state index >= 15 is 0 Å². The maximum absolute atomic E-state index is 11.1. The second-order valence-electron chi connectivity index (χ2n) is 4.43. The van der Waals surface area contributed by atoms with E-state index in [0.717, 1.165) is 0 Å². The van der Waals surface area contributed by atoms with Crippen molar-refractivity contribution in [2.24, 2.45) is 0 Å². The first-order chi connectivity index (χ1) is 7.16. The fourth-order valence-electron chi connectivity index (χ4n) is 0.694. The Bertz CT molecular complexity index is 247. The minimum absolute atomic E-state index is 0. The summed E-state index contributed by atoms with van der Waals surface area (Å²) in [5.74, 6) is 0. The van der Waals surface area contributed by atoms with Crippen LogP contribution in [-0.4, -0.2) is 92.2 Å². The molecule has 0 saturated carbocycles. The summed E-state index contributed by atoms with van der Waals surface area (Å²) < 4.78 is 20.6. The number of nitrogens with zero attached hydrogens (tertiary/aromatic N) is 1. The third kappa shape index (κ3) is 13.0. The molecule has 4 radical (unpaired) electrons. The summed E-state index contributed by atoms with van der Waals surface area (Å²) in [7, 11) is 1.32. The van der Waals surface area contributed by atoms with Crippen LogP contribution in [0.5, 0.6) is 0 Å². The van der Waals surface area contributed by atoms with Gasteiger partial charge in [0.2, 0.25) is 0 Å². The number of aliphatic hydroxyl groups is 2. The molecule has 0 amide bonds. The third-order valence-corrected chi connectivity index (χ3v) is 2.61. The van der Waals surface area contributed by atoms with Crippen LogP contribution < -0.4 is 4.89 Å². The van der Waals surface area contributed by atoms with Gasteiger partial charge in [-0.25, -0.2) is 0 Å². The molecule has 102 valence electrons. The van der Waals surface area contributed by atoms with Crippen LogP contribution in [0.15, 0.2) is 0 Å². The summed E-state index contributed by atoms with van der Waals surface area (Å²) in [6, 6.07) is 0. The molecule has 0 spiro atoms. The Labute approximate surface area is 119 Å². The number of hydrogen-bond donors (Lipinski definition) is 2. The zero-order valence-electron chi connectivity index (χ0n) is 10.3. The SMILES string of the molecule is C[N+](C)(C)CCOP(=O)([O-])OCC(O)CO.[Sn]. The minimum atomic E-state index is -4.38. The van der Waals surface area contributed by atoms with Crippen molar-refractivity contribution in [3.63, 3.8) is 0 Å². The molecule has 9 heteroatoms. The van der Waals surface area contributed by atoms with Gasteiger partial charge in [-0.15, -0.1) is 0 Å². The zero-order valence-corrected chi connectivity index (χ0v) is 14.1. The molecule has 0 heterocycles. The standard InChI is InChI=1S/C8H20NO6P.Sn/c1-9(2,3)4-5-14-16(12,13)15-7-8(11)6-10;/h8,10-11H,4-7H2,1-3H3;. The van der Waals surface area contributed by atoms with Crippen molar-refractivity contribution in [3.05, 3.63) is 0 Å². The molecule has 7 nitrogen and oxygen atoms in total. The van der Waals surface area contributed by atoms with Gasteiger partial charge in [0, 0.05) is 23.9 Å². The zero-order chi connectivity index (χ0) is 12.8. The van der Waals surface area contributed by atoms with E-state index in [2.05, 4.69) is 9.05 Å². The summed E-state index contributed by atoms with van der Waals surface area (Å²) in [4.78, 5) is 11.1. The molecule has 17 heavy (non-hydrogen) atoms. The van der Waals surface area contributed by atoms with E-state index < -0.39 is 27.1 Å². The Balaban J connectivity index is 0. The van der Waals surface area contributed by atoms with Crippen LogP contribution in [0.25, 0.3) is 0 Å². The van der Waals surface area contributed by atoms with Gasteiger partial charge in [0.15, 0.2) is 0 Å². The Hall–Kier alpha value is 0.789. The van der Waals surface area contributed by atoms with Crippen molar-refractivity contribution < 1.29 is 33.2 Å². The topological polar surface area (TPSA) is 99.1 Å². The average Bonchev–Trinajstić information content (AvgIpc) is 2.12. The smallest absolute Gasteiger partial charge is 0.268 e. The Morgan fingerprint density at radius 1 is 1.35 bits per heavy atom. The third-order valence-electron chi connectivity index (χ3n) is 1.65. The first-order valence-electron chi connectivity index (χ1n) is 4.86. The van der Waals surface area contributed by atoms with Gasteiger partial charge in [-0.05, 0) is 0 Å². The molecule has 2 N–H and O–H groups in total. The number of phosphoric ester groups is 1. The maximum atomic E-state index is 11.1. The molecule has 0 fully saturated rings. The molecule has 2 unspecified atom stereocenters. The summed E-state index contributed by atoms with van der Waals surface area (Å²) in [6.07, 6.45) is -1.22. The monoisotopic (exact) mass is 377 g/mol. The number of phosphoric acid groups is 1. The van der Waals surface area contributed by atoms with E-state index in [9.17, 15) is 9.46 Å². The number of quaternary nitrogens is 1. The van der Waals surface area contributed by atoms with Crippen molar-refractivity contribution in [3.8, 4) is 0 Å². The normalized spacial score (nSPS) is 17.1. The summed E-state index contributed by atoms with van der Waals surface area (Å²) in [5, 5.41) is 17.3. The molecule has 2 atom stereocenters. The predicted molar refractivity (Wildman–Crippen MR) is 61.3 cm³/mol. The van der Waals surface area contributed by atoms with Crippen molar-refractivity contribution >= 4 is 31.7 Å². The van der Waals surface area contributed by atoms with Crippen LogP contribution in [0.2, 0.25) is 0 Å². The molecule has 0 aliphatic rings. The second kappa shape index (κ2) is 8.82. The van der Waals surface area contributed by atoms with Crippen LogP contribution in [0, 0.1) is 0 Å². The largest absolute Gasteiger partial charge is 0.756 e. The van der Waals surface area contributed by atoms with Crippen LogP contribution in [0.1, 0.15) is 0 Å². The number of likely N-dealkylation sites (N-methyl/N-ethyl adjacent to an activating group) is 1. The summed E-state index contributed by atoms with van der Waals surface area (Å²) >= 11 is 0. The van der Waals surface area contributed by atoms with E-state index in [1.165, 1.54) is 0 Å². The van der Waals surface area contributed by atoms with Gasteiger partial charge in [-0.3, -0.25) is 4.57 Å². The van der Waals surface area contributed by atoms with Crippen molar-refractivity contribution in [1.82, 2.24) is 0 Å². The van der Waals surface area contributed by atoms with E-state index in [-0.39, 0.29) is 30.5 Å². The Kier molecular flexibility index (Phi) is 10.4. The average molecular weight is 376 g/mol. The first kappa shape index (κ1) is 20.1. The van der Waals surface area contributed by atoms with E-state index in [0.29, 0.717) is 11.0 Å². The Morgan fingerprint density at radius 2 is 1.88 bits per heavy atom. The van der Waals surface area contributed by atoms with Crippen LogP contribution in [0.3, 0.4) is 0 Å². The van der Waals surface area contributed by atoms with Gasteiger partial charge in [0.1, 0.15) is 19.3 Å². The first-order valence-corrected chi connectivity index (χ1v) is 6.32. The van der Waals surface area contributed by atoms with Gasteiger partial charge in [-0.2, -0.15) is 0 Å². The van der Waals surface area contributed by atoms with Crippen molar-refractivity contribution in [2.75, 3.05) is 47.5 Å². The number of rotatable bonds is 8. The van der Waals surface area contributed by atoms with Gasteiger partial charge in [0.05, 0.1) is 34.4 Å².